The number of thioether (sulfide) groups is 1. The first-order valence-corrected chi connectivity index (χ1v) is 8.14. The van der Waals surface area contributed by atoms with E-state index in [1.165, 1.54) is 0 Å². The Hall–Kier alpha value is -1.63. The van der Waals surface area contributed by atoms with Crippen LogP contribution in [0.2, 0.25) is 5.02 Å². The third-order valence-corrected chi connectivity index (χ3v) is 4.50. The molecule has 2 nitrogen and oxygen atoms in total. The molecule has 0 atom stereocenters. The van der Waals surface area contributed by atoms with Crippen LogP contribution in [-0.4, -0.2) is 12.8 Å². The lowest BCUT2D eigenvalue weighted by atomic mass is 10.1. The number of hydrogen-bond donors (Lipinski definition) is 0. The van der Waals surface area contributed by atoms with Gasteiger partial charge in [-0.05, 0) is 29.5 Å². The topological polar surface area (TPSA) is 27.0 Å². The van der Waals surface area contributed by atoms with Crippen molar-refractivity contribution in [1.82, 2.24) is 0 Å². The zero-order valence-electron chi connectivity index (χ0n) is 12.1. The molecule has 0 radical (unpaired) electrons. The quantitative estimate of drug-likeness (QED) is 0.729. The third kappa shape index (κ3) is 3.72. The fourth-order valence-corrected chi connectivity index (χ4v) is 3.17. The molecule has 0 saturated heterocycles. The Morgan fingerprint density at radius 1 is 1.19 bits per heavy atom. The molecule has 2 aromatic carbocycles. The van der Waals surface area contributed by atoms with E-state index in [0.29, 0.717) is 6.54 Å². The Kier molecular flexibility index (Phi) is 5.55. The summed E-state index contributed by atoms with van der Waals surface area (Å²) >= 11 is 7.91. The van der Waals surface area contributed by atoms with Gasteiger partial charge in [0.2, 0.25) is 0 Å². The van der Waals surface area contributed by atoms with Crippen molar-refractivity contribution in [2.45, 2.75) is 18.4 Å². The molecule has 0 aliphatic rings. The Labute approximate surface area is 135 Å². The molecule has 0 aliphatic carbocycles. The zero-order chi connectivity index (χ0) is 15.2. The molecule has 0 amide bonds. The number of rotatable bonds is 5. The van der Waals surface area contributed by atoms with Gasteiger partial charge in [0.15, 0.2) is 0 Å². The van der Waals surface area contributed by atoms with Crippen molar-refractivity contribution in [3.8, 4) is 6.07 Å². The first-order valence-electron chi connectivity index (χ1n) is 6.77. The molecule has 2 aromatic rings. The SMILES string of the molecule is CCSc1cccc(N(C)Cc2ccccc2Cl)c1C#N. The molecule has 0 saturated carbocycles. The fourth-order valence-electron chi connectivity index (χ4n) is 2.19. The molecule has 0 unspecified atom stereocenters. The first-order chi connectivity index (χ1) is 10.2. The van der Waals surface area contributed by atoms with E-state index in [1.807, 2.05) is 49.5 Å². The minimum atomic E-state index is 0.675. The van der Waals surface area contributed by atoms with Crippen LogP contribution in [0.1, 0.15) is 18.1 Å². The molecule has 4 heteroatoms. The Balaban J connectivity index is 2.31. The normalized spacial score (nSPS) is 10.2. The second-order valence-electron chi connectivity index (χ2n) is 4.64. The molecule has 0 spiro atoms. The number of halogens is 1. The van der Waals surface area contributed by atoms with Crippen LogP contribution < -0.4 is 4.90 Å². The molecule has 0 fully saturated rings. The average Bonchev–Trinajstić information content (AvgIpc) is 2.49. The molecule has 2 rings (SSSR count). The van der Waals surface area contributed by atoms with Gasteiger partial charge in [-0.1, -0.05) is 42.8 Å². The molecule has 0 N–H and O–H groups in total. The number of benzene rings is 2. The summed E-state index contributed by atoms with van der Waals surface area (Å²) in [5.41, 5.74) is 2.73. The average molecular weight is 317 g/mol. The van der Waals surface area contributed by atoms with Crippen LogP contribution >= 0.6 is 23.4 Å². The molecule has 0 aromatic heterocycles. The zero-order valence-corrected chi connectivity index (χ0v) is 13.7. The van der Waals surface area contributed by atoms with Gasteiger partial charge in [0.1, 0.15) is 6.07 Å². The predicted octanol–water partition coefficient (Wildman–Crippen LogP) is 4.96. The minimum Gasteiger partial charge on any atom is -0.369 e. The standard InChI is InChI=1S/C17H17ClN2S/c1-3-21-17-10-6-9-16(14(17)11-19)20(2)12-13-7-4-5-8-15(13)18/h4-10H,3,12H2,1-2H3. The molecule has 108 valence electrons. The van der Waals surface area contributed by atoms with Gasteiger partial charge in [0, 0.05) is 23.5 Å². The number of anilines is 1. The van der Waals surface area contributed by atoms with E-state index in [-0.39, 0.29) is 0 Å². The maximum Gasteiger partial charge on any atom is 0.103 e. The van der Waals surface area contributed by atoms with Crippen molar-refractivity contribution in [3.05, 3.63) is 58.6 Å². The highest BCUT2D eigenvalue weighted by atomic mass is 35.5. The van der Waals surface area contributed by atoms with Gasteiger partial charge in [-0.25, -0.2) is 0 Å². The summed E-state index contributed by atoms with van der Waals surface area (Å²) in [6.07, 6.45) is 0. The lowest BCUT2D eigenvalue weighted by molar-refractivity contribution is 0.917. The van der Waals surface area contributed by atoms with Gasteiger partial charge in [-0.3, -0.25) is 0 Å². The molecule has 0 aliphatic heterocycles. The highest BCUT2D eigenvalue weighted by Gasteiger charge is 2.13. The predicted molar refractivity (Wildman–Crippen MR) is 91.1 cm³/mol. The monoisotopic (exact) mass is 316 g/mol. The Morgan fingerprint density at radius 3 is 2.62 bits per heavy atom. The Bertz CT molecular complexity index is 664. The van der Waals surface area contributed by atoms with Gasteiger partial charge in [-0.2, -0.15) is 5.26 Å². The van der Waals surface area contributed by atoms with E-state index < -0.39 is 0 Å². The summed E-state index contributed by atoms with van der Waals surface area (Å²) in [6, 6.07) is 16.1. The van der Waals surface area contributed by atoms with Gasteiger partial charge in [0.05, 0.1) is 11.3 Å². The highest BCUT2D eigenvalue weighted by Crippen LogP contribution is 2.31. The number of nitriles is 1. The number of nitrogens with zero attached hydrogens (tertiary/aromatic N) is 2. The van der Waals surface area contributed by atoms with Crippen LogP contribution in [-0.2, 0) is 6.54 Å². The van der Waals surface area contributed by atoms with Crippen molar-refractivity contribution < 1.29 is 0 Å². The molecule has 0 heterocycles. The van der Waals surface area contributed by atoms with E-state index in [9.17, 15) is 5.26 Å². The lowest BCUT2D eigenvalue weighted by Crippen LogP contribution is -2.18. The van der Waals surface area contributed by atoms with E-state index in [1.54, 1.807) is 11.8 Å². The maximum absolute atomic E-state index is 9.48. The lowest BCUT2D eigenvalue weighted by Gasteiger charge is -2.22. The van der Waals surface area contributed by atoms with Gasteiger partial charge in [-0.15, -0.1) is 11.8 Å². The summed E-state index contributed by atoms with van der Waals surface area (Å²) < 4.78 is 0. The molecule has 21 heavy (non-hydrogen) atoms. The van der Waals surface area contributed by atoms with E-state index >= 15 is 0 Å². The summed E-state index contributed by atoms with van der Waals surface area (Å²) in [7, 11) is 1.99. The van der Waals surface area contributed by atoms with Crippen LogP contribution in [0.4, 0.5) is 5.69 Å². The molecular weight excluding hydrogens is 300 g/mol. The molecule has 0 bridgehead atoms. The van der Waals surface area contributed by atoms with E-state index in [2.05, 4.69) is 17.9 Å². The van der Waals surface area contributed by atoms with Crippen molar-refractivity contribution in [2.75, 3.05) is 17.7 Å². The second-order valence-corrected chi connectivity index (χ2v) is 6.36. The van der Waals surface area contributed by atoms with Gasteiger partial charge in [0.25, 0.3) is 0 Å². The van der Waals surface area contributed by atoms with Crippen molar-refractivity contribution >= 4 is 29.1 Å². The smallest absolute Gasteiger partial charge is 0.103 e. The summed E-state index contributed by atoms with van der Waals surface area (Å²) in [5, 5.41) is 10.2. The van der Waals surface area contributed by atoms with E-state index in [4.69, 9.17) is 11.6 Å². The van der Waals surface area contributed by atoms with Crippen LogP contribution in [0.5, 0.6) is 0 Å². The van der Waals surface area contributed by atoms with Crippen LogP contribution in [0, 0.1) is 11.3 Å². The summed E-state index contributed by atoms with van der Waals surface area (Å²) in [6.45, 7) is 2.76. The maximum atomic E-state index is 9.48. The van der Waals surface area contributed by atoms with Gasteiger partial charge < -0.3 is 4.90 Å². The first kappa shape index (κ1) is 15.8. The largest absolute Gasteiger partial charge is 0.369 e. The van der Waals surface area contributed by atoms with Crippen molar-refractivity contribution in [2.24, 2.45) is 0 Å². The van der Waals surface area contributed by atoms with Crippen molar-refractivity contribution in [3.63, 3.8) is 0 Å². The van der Waals surface area contributed by atoms with Crippen LogP contribution in [0.15, 0.2) is 47.4 Å². The van der Waals surface area contributed by atoms with Gasteiger partial charge >= 0.3 is 0 Å². The highest BCUT2D eigenvalue weighted by molar-refractivity contribution is 7.99. The van der Waals surface area contributed by atoms with Crippen LogP contribution in [0.3, 0.4) is 0 Å². The van der Waals surface area contributed by atoms with E-state index in [0.717, 1.165) is 32.5 Å². The third-order valence-electron chi connectivity index (χ3n) is 3.19. The van der Waals surface area contributed by atoms with Crippen LogP contribution in [0.25, 0.3) is 0 Å². The minimum absolute atomic E-state index is 0.675. The molecular formula is C17H17ClN2S. The fraction of sp³-hybridized carbons (Fsp3) is 0.235. The summed E-state index contributed by atoms with van der Waals surface area (Å²) in [5.74, 6) is 0.951. The van der Waals surface area contributed by atoms with Crippen molar-refractivity contribution in [1.29, 1.82) is 5.26 Å². The second kappa shape index (κ2) is 7.40. The number of hydrogen-bond acceptors (Lipinski definition) is 3. The Morgan fingerprint density at radius 2 is 1.95 bits per heavy atom. The summed E-state index contributed by atoms with van der Waals surface area (Å²) in [4.78, 5) is 3.10.